The van der Waals surface area contributed by atoms with Gasteiger partial charge in [0.25, 0.3) is 0 Å². The fraction of sp³-hybridized carbons (Fsp3) is 0.263. The predicted molar refractivity (Wildman–Crippen MR) is 92.7 cm³/mol. The summed E-state index contributed by atoms with van der Waals surface area (Å²) in [4.78, 5) is 11.9. The van der Waals surface area contributed by atoms with Crippen molar-refractivity contribution >= 4 is 11.6 Å². The summed E-state index contributed by atoms with van der Waals surface area (Å²) in [5.41, 5.74) is 5.63. The van der Waals surface area contributed by atoms with E-state index in [4.69, 9.17) is 4.74 Å². The first-order chi connectivity index (χ1) is 11.2. The molecular weight excluding hydrogens is 288 g/mol. The number of amides is 1. The van der Waals surface area contributed by atoms with E-state index in [0.717, 1.165) is 29.0 Å². The Labute approximate surface area is 137 Å². The van der Waals surface area contributed by atoms with Crippen LogP contribution in [0.15, 0.2) is 59.7 Å². The number of rotatable bonds is 7. The lowest BCUT2D eigenvalue weighted by molar-refractivity contribution is -0.121. The molecule has 0 saturated carbocycles. The van der Waals surface area contributed by atoms with Crippen molar-refractivity contribution in [2.75, 3.05) is 7.11 Å². The molecule has 0 aliphatic heterocycles. The quantitative estimate of drug-likeness (QED) is 0.628. The molecule has 0 saturated heterocycles. The largest absolute Gasteiger partial charge is 0.497 e. The average Bonchev–Trinajstić information content (AvgIpc) is 2.62. The summed E-state index contributed by atoms with van der Waals surface area (Å²) in [7, 11) is 1.64. The molecule has 0 bridgehead atoms. The van der Waals surface area contributed by atoms with Gasteiger partial charge in [0.2, 0.25) is 5.91 Å². The molecule has 0 heterocycles. The van der Waals surface area contributed by atoms with Crippen LogP contribution in [0.3, 0.4) is 0 Å². The van der Waals surface area contributed by atoms with E-state index in [1.54, 1.807) is 7.11 Å². The Kier molecular flexibility index (Phi) is 6.36. The molecule has 0 aliphatic rings. The zero-order chi connectivity index (χ0) is 16.5. The van der Waals surface area contributed by atoms with E-state index in [1.807, 2.05) is 61.5 Å². The second-order valence-corrected chi connectivity index (χ2v) is 5.16. The average molecular weight is 310 g/mol. The SMILES string of the molecule is CCC(=NNC(=O)CCc1ccccc1)c1ccc(OC)cc1. The Bertz CT molecular complexity index is 649. The minimum Gasteiger partial charge on any atom is -0.497 e. The number of nitrogens with one attached hydrogen (secondary N) is 1. The van der Waals surface area contributed by atoms with Crippen LogP contribution in [0.1, 0.15) is 30.9 Å². The molecule has 2 aromatic rings. The van der Waals surface area contributed by atoms with E-state index in [2.05, 4.69) is 10.5 Å². The third-order valence-electron chi connectivity index (χ3n) is 3.56. The molecule has 0 fully saturated rings. The van der Waals surface area contributed by atoms with Crippen molar-refractivity contribution in [2.45, 2.75) is 26.2 Å². The maximum Gasteiger partial charge on any atom is 0.240 e. The lowest BCUT2D eigenvalue weighted by Crippen LogP contribution is -2.20. The third-order valence-corrected chi connectivity index (χ3v) is 3.56. The van der Waals surface area contributed by atoms with Gasteiger partial charge in [0.15, 0.2) is 0 Å². The molecule has 1 N–H and O–H groups in total. The number of nitrogens with zero attached hydrogens (tertiary/aromatic N) is 1. The lowest BCUT2D eigenvalue weighted by Gasteiger charge is -2.06. The highest BCUT2D eigenvalue weighted by Gasteiger charge is 2.05. The van der Waals surface area contributed by atoms with Crippen LogP contribution in [0.25, 0.3) is 0 Å². The number of hydrogen-bond acceptors (Lipinski definition) is 3. The summed E-state index contributed by atoms with van der Waals surface area (Å²) in [6.45, 7) is 2.01. The van der Waals surface area contributed by atoms with Crippen LogP contribution in [0.2, 0.25) is 0 Å². The summed E-state index contributed by atoms with van der Waals surface area (Å²) < 4.78 is 5.15. The molecule has 0 atom stereocenters. The summed E-state index contributed by atoms with van der Waals surface area (Å²) in [5.74, 6) is 0.726. The van der Waals surface area contributed by atoms with Gasteiger partial charge in [-0.05, 0) is 48.2 Å². The Morgan fingerprint density at radius 3 is 2.39 bits per heavy atom. The normalized spacial score (nSPS) is 11.1. The van der Waals surface area contributed by atoms with Crippen LogP contribution in [0.4, 0.5) is 0 Å². The highest BCUT2D eigenvalue weighted by atomic mass is 16.5. The molecule has 4 heteroatoms. The molecule has 120 valence electrons. The van der Waals surface area contributed by atoms with Crippen molar-refractivity contribution in [1.29, 1.82) is 0 Å². The van der Waals surface area contributed by atoms with Gasteiger partial charge in [0.05, 0.1) is 12.8 Å². The van der Waals surface area contributed by atoms with Crippen LogP contribution >= 0.6 is 0 Å². The van der Waals surface area contributed by atoms with Crippen molar-refractivity contribution in [3.63, 3.8) is 0 Å². The number of carbonyl (C=O) groups is 1. The molecule has 4 nitrogen and oxygen atoms in total. The van der Waals surface area contributed by atoms with E-state index in [9.17, 15) is 4.79 Å². The van der Waals surface area contributed by atoms with Gasteiger partial charge in [0, 0.05) is 6.42 Å². The summed E-state index contributed by atoms with van der Waals surface area (Å²) in [6, 6.07) is 17.6. The zero-order valence-electron chi connectivity index (χ0n) is 13.6. The number of benzene rings is 2. The third kappa shape index (κ3) is 5.25. The van der Waals surface area contributed by atoms with Gasteiger partial charge in [0.1, 0.15) is 5.75 Å². The number of carbonyl (C=O) groups excluding carboxylic acids is 1. The predicted octanol–water partition coefficient (Wildman–Crippen LogP) is 3.56. The first-order valence-corrected chi connectivity index (χ1v) is 7.76. The van der Waals surface area contributed by atoms with Crippen molar-refractivity contribution in [3.8, 4) is 5.75 Å². The van der Waals surface area contributed by atoms with Crippen molar-refractivity contribution in [2.24, 2.45) is 5.10 Å². The first kappa shape index (κ1) is 16.7. The molecule has 0 spiro atoms. The molecule has 2 rings (SSSR count). The summed E-state index contributed by atoms with van der Waals surface area (Å²) in [6.07, 6.45) is 1.88. The Hall–Kier alpha value is -2.62. The fourth-order valence-corrected chi connectivity index (χ4v) is 2.22. The van der Waals surface area contributed by atoms with E-state index in [1.165, 1.54) is 0 Å². The Morgan fingerprint density at radius 1 is 1.09 bits per heavy atom. The maximum atomic E-state index is 11.9. The fourth-order valence-electron chi connectivity index (χ4n) is 2.22. The number of hydrazone groups is 1. The van der Waals surface area contributed by atoms with Crippen molar-refractivity contribution in [3.05, 3.63) is 65.7 Å². The highest BCUT2D eigenvalue weighted by molar-refractivity contribution is 6.01. The number of ether oxygens (including phenoxy) is 1. The van der Waals surface area contributed by atoms with Crippen LogP contribution in [0, 0.1) is 0 Å². The van der Waals surface area contributed by atoms with Gasteiger partial charge in [-0.3, -0.25) is 4.79 Å². The van der Waals surface area contributed by atoms with Gasteiger partial charge in [-0.1, -0.05) is 37.3 Å². The van der Waals surface area contributed by atoms with Crippen LogP contribution in [-0.2, 0) is 11.2 Å². The summed E-state index contributed by atoms with van der Waals surface area (Å²) in [5, 5.41) is 4.26. The number of hydrogen-bond donors (Lipinski definition) is 1. The molecule has 0 aromatic heterocycles. The van der Waals surface area contributed by atoms with Gasteiger partial charge in [-0.25, -0.2) is 5.43 Å². The Balaban J connectivity index is 1.91. The Morgan fingerprint density at radius 2 is 1.78 bits per heavy atom. The van der Waals surface area contributed by atoms with Crippen LogP contribution in [0.5, 0.6) is 5.75 Å². The minimum atomic E-state index is -0.0756. The molecule has 2 aromatic carbocycles. The lowest BCUT2D eigenvalue weighted by atomic mass is 10.1. The smallest absolute Gasteiger partial charge is 0.240 e. The van der Waals surface area contributed by atoms with E-state index >= 15 is 0 Å². The first-order valence-electron chi connectivity index (χ1n) is 7.76. The van der Waals surface area contributed by atoms with E-state index in [0.29, 0.717) is 12.8 Å². The molecular formula is C19H22N2O2. The van der Waals surface area contributed by atoms with Crippen LogP contribution < -0.4 is 10.2 Å². The number of methoxy groups -OCH3 is 1. The van der Waals surface area contributed by atoms with Crippen LogP contribution in [-0.4, -0.2) is 18.7 Å². The monoisotopic (exact) mass is 310 g/mol. The second-order valence-electron chi connectivity index (χ2n) is 5.16. The van der Waals surface area contributed by atoms with Crippen molar-refractivity contribution < 1.29 is 9.53 Å². The van der Waals surface area contributed by atoms with E-state index < -0.39 is 0 Å². The minimum absolute atomic E-state index is 0.0756. The van der Waals surface area contributed by atoms with Gasteiger partial charge in [-0.2, -0.15) is 5.10 Å². The van der Waals surface area contributed by atoms with Gasteiger partial charge < -0.3 is 4.74 Å². The molecule has 1 amide bonds. The van der Waals surface area contributed by atoms with Gasteiger partial charge >= 0.3 is 0 Å². The molecule has 0 unspecified atom stereocenters. The molecule has 23 heavy (non-hydrogen) atoms. The second kappa shape index (κ2) is 8.73. The zero-order valence-corrected chi connectivity index (χ0v) is 13.6. The standard InChI is InChI=1S/C19H22N2O2/c1-3-18(16-10-12-17(23-2)13-11-16)20-21-19(22)14-9-15-7-5-4-6-8-15/h4-8,10-13H,3,9,14H2,1-2H3,(H,21,22). The van der Waals surface area contributed by atoms with E-state index in [-0.39, 0.29) is 5.91 Å². The summed E-state index contributed by atoms with van der Waals surface area (Å²) >= 11 is 0. The molecule has 0 radical (unpaired) electrons. The van der Waals surface area contributed by atoms with Gasteiger partial charge in [-0.15, -0.1) is 0 Å². The maximum absolute atomic E-state index is 11.9. The van der Waals surface area contributed by atoms with Crippen molar-refractivity contribution in [1.82, 2.24) is 5.43 Å². The molecule has 0 aliphatic carbocycles. The highest BCUT2D eigenvalue weighted by Crippen LogP contribution is 2.13. The number of aryl methyl sites for hydroxylation is 1. The topological polar surface area (TPSA) is 50.7 Å².